The van der Waals surface area contributed by atoms with E-state index in [1.165, 1.54) is 19.3 Å². The van der Waals surface area contributed by atoms with E-state index in [-0.39, 0.29) is 5.91 Å². The average Bonchev–Trinajstić information content (AvgIpc) is 2.69. The van der Waals surface area contributed by atoms with Gasteiger partial charge >= 0.3 is 0 Å². The van der Waals surface area contributed by atoms with Crippen molar-refractivity contribution in [1.82, 2.24) is 10.3 Å². The third-order valence-corrected chi connectivity index (χ3v) is 4.78. The number of hydrogen-bond acceptors (Lipinski definition) is 5. The Morgan fingerprint density at radius 3 is 2.58 bits per heavy atom. The highest BCUT2D eigenvalue weighted by Crippen LogP contribution is 2.33. The molecule has 0 spiro atoms. The summed E-state index contributed by atoms with van der Waals surface area (Å²) in [5, 5.41) is 6.33. The van der Waals surface area contributed by atoms with E-state index in [1.54, 1.807) is 12.3 Å². The molecule has 0 saturated heterocycles. The van der Waals surface area contributed by atoms with Crippen LogP contribution < -0.4 is 20.1 Å². The van der Waals surface area contributed by atoms with E-state index in [2.05, 4.69) is 15.6 Å². The van der Waals surface area contributed by atoms with Crippen LogP contribution in [0.3, 0.4) is 0 Å². The van der Waals surface area contributed by atoms with Gasteiger partial charge in [-0.3, -0.25) is 4.79 Å². The van der Waals surface area contributed by atoms with Gasteiger partial charge in [-0.2, -0.15) is 0 Å². The topological polar surface area (TPSA) is 72.5 Å². The molecule has 1 aromatic carbocycles. The number of nitrogens with zero attached hydrogens (tertiary/aromatic N) is 1. The number of fused-ring (bicyclic) bond motifs is 1. The molecule has 1 saturated carbocycles. The summed E-state index contributed by atoms with van der Waals surface area (Å²) in [6.45, 7) is 1.13. The number of amides is 1. The van der Waals surface area contributed by atoms with E-state index in [0.29, 0.717) is 30.6 Å². The maximum absolute atomic E-state index is 12.3. The summed E-state index contributed by atoms with van der Waals surface area (Å²) in [5.74, 6) is 2.11. The van der Waals surface area contributed by atoms with E-state index in [0.717, 1.165) is 30.0 Å². The Hall–Kier alpha value is -2.76. The monoisotopic (exact) mass is 353 g/mol. The predicted molar refractivity (Wildman–Crippen MR) is 99.3 cm³/mol. The molecule has 0 radical (unpaired) electrons. The molecule has 2 heterocycles. The molecule has 6 nitrogen and oxygen atoms in total. The van der Waals surface area contributed by atoms with E-state index in [9.17, 15) is 4.79 Å². The van der Waals surface area contributed by atoms with Crippen molar-refractivity contribution in [2.24, 2.45) is 0 Å². The minimum absolute atomic E-state index is 0.0460. The maximum atomic E-state index is 12.3. The van der Waals surface area contributed by atoms with Crippen molar-refractivity contribution in [2.45, 2.75) is 38.1 Å². The summed E-state index contributed by atoms with van der Waals surface area (Å²) in [7, 11) is 0. The van der Waals surface area contributed by atoms with E-state index in [1.807, 2.05) is 24.3 Å². The minimum atomic E-state index is -0.0460. The number of benzene rings is 1. The smallest absolute Gasteiger partial charge is 0.253 e. The van der Waals surface area contributed by atoms with Gasteiger partial charge in [0.25, 0.3) is 5.91 Å². The Morgan fingerprint density at radius 2 is 1.81 bits per heavy atom. The number of nitrogens with one attached hydrogen (secondary N) is 2. The fraction of sp³-hybridized carbons (Fsp3) is 0.400. The standard InChI is InChI=1S/C20H23N3O3/c24-20(23-15-4-2-1-3-5-15)14-6-9-19(21-13-14)22-16-7-8-17-18(12-16)26-11-10-25-17/h6-9,12-13,15H,1-5,10-11H2,(H,21,22)(H,23,24). The van der Waals surface area contributed by atoms with Gasteiger partial charge in [0.2, 0.25) is 0 Å². The second kappa shape index (κ2) is 7.64. The Labute approximate surface area is 152 Å². The second-order valence-corrected chi connectivity index (χ2v) is 6.72. The summed E-state index contributed by atoms with van der Waals surface area (Å²) in [6.07, 6.45) is 7.42. The zero-order chi connectivity index (χ0) is 17.8. The summed E-state index contributed by atoms with van der Waals surface area (Å²) < 4.78 is 11.1. The van der Waals surface area contributed by atoms with Gasteiger partial charge in [0.1, 0.15) is 19.0 Å². The molecule has 0 unspecified atom stereocenters. The third kappa shape index (κ3) is 3.90. The van der Waals surface area contributed by atoms with E-state index in [4.69, 9.17) is 9.47 Å². The molecule has 136 valence electrons. The molecule has 26 heavy (non-hydrogen) atoms. The van der Waals surface area contributed by atoms with Crippen LogP contribution in [0.1, 0.15) is 42.5 Å². The van der Waals surface area contributed by atoms with Gasteiger partial charge in [-0.1, -0.05) is 19.3 Å². The molecule has 2 aliphatic rings. The summed E-state index contributed by atoms with van der Waals surface area (Å²) in [4.78, 5) is 16.7. The molecule has 1 amide bonds. The number of aromatic nitrogens is 1. The van der Waals surface area contributed by atoms with Crippen molar-refractivity contribution in [2.75, 3.05) is 18.5 Å². The molecule has 0 bridgehead atoms. The lowest BCUT2D eigenvalue weighted by Crippen LogP contribution is -2.36. The molecular weight excluding hydrogens is 330 g/mol. The number of carbonyl (C=O) groups is 1. The largest absolute Gasteiger partial charge is 0.486 e. The number of anilines is 2. The highest BCUT2D eigenvalue weighted by Gasteiger charge is 2.17. The van der Waals surface area contributed by atoms with Crippen LogP contribution >= 0.6 is 0 Å². The first-order valence-corrected chi connectivity index (χ1v) is 9.21. The van der Waals surface area contributed by atoms with Crippen LogP contribution in [0.5, 0.6) is 11.5 Å². The zero-order valence-electron chi connectivity index (χ0n) is 14.7. The number of rotatable bonds is 4. The number of ether oxygens (including phenoxy) is 2. The quantitative estimate of drug-likeness (QED) is 0.878. The van der Waals surface area contributed by atoms with Crippen LogP contribution in [0.25, 0.3) is 0 Å². The number of carbonyl (C=O) groups excluding carboxylic acids is 1. The lowest BCUT2D eigenvalue weighted by Gasteiger charge is -2.22. The Kier molecular flexibility index (Phi) is 4.91. The molecule has 6 heteroatoms. The molecule has 1 aromatic heterocycles. The highest BCUT2D eigenvalue weighted by atomic mass is 16.6. The van der Waals surface area contributed by atoms with Crippen LogP contribution in [0.2, 0.25) is 0 Å². The summed E-state index contributed by atoms with van der Waals surface area (Å²) >= 11 is 0. The van der Waals surface area contributed by atoms with E-state index >= 15 is 0 Å². The normalized spacial score (nSPS) is 16.8. The number of hydrogen-bond donors (Lipinski definition) is 2. The third-order valence-electron chi connectivity index (χ3n) is 4.78. The second-order valence-electron chi connectivity index (χ2n) is 6.72. The first kappa shape index (κ1) is 16.7. The van der Waals surface area contributed by atoms with Crippen LogP contribution in [-0.2, 0) is 0 Å². The van der Waals surface area contributed by atoms with Crippen LogP contribution in [0.15, 0.2) is 36.5 Å². The fourth-order valence-corrected chi connectivity index (χ4v) is 3.39. The van der Waals surface area contributed by atoms with Gasteiger partial charge < -0.3 is 20.1 Å². The molecule has 2 aromatic rings. The SMILES string of the molecule is O=C(NC1CCCCC1)c1ccc(Nc2ccc3c(c2)OCCO3)nc1. The molecule has 1 aliphatic carbocycles. The molecule has 2 N–H and O–H groups in total. The minimum Gasteiger partial charge on any atom is -0.486 e. The molecule has 1 fully saturated rings. The summed E-state index contributed by atoms with van der Waals surface area (Å²) in [5.41, 5.74) is 1.45. The summed E-state index contributed by atoms with van der Waals surface area (Å²) in [6, 6.07) is 9.59. The lowest BCUT2D eigenvalue weighted by molar-refractivity contribution is 0.0927. The number of pyridine rings is 1. The lowest BCUT2D eigenvalue weighted by atomic mass is 9.95. The van der Waals surface area contributed by atoms with Gasteiger partial charge in [-0.05, 0) is 37.1 Å². The Morgan fingerprint density at radius 1 is 1.00 bits per heavy atom. The van der Waals surface area contributed by atoms with Gasteiger partial charge in [-0.15, -0.1) is 0 Å². The average molecular weight is 353 g/mol. The molecule has 1 aliphatic heterocycles. The highest BCUT2D eigenvalue weighted by molar-refractivity contribution is 5.94. The maximum Gasteiger partial charge on any atom is 0.253 e. The Balaban J connectivity index is 1.38. The predicted octanol–water partition coefficient (Wildman–Crippen LogP) is 3.66. The van der Waals surface area contributed by atoms with Crippen LogP contribution in [0, 0.1) is 0 Å². The van der Waals surface area contributed by atoms with Gasteiger partial charge in [0.15, 0.2) is 11.5 Å². The fourth-order valence-electron chi connectivity index (χ4n) is 3.39. The van der Waals surface area contributed by atoms with Crippen LogP contribution in [-0.4, -0.2) is 30.1 Å². The van der Waals surface area contributed by atoms with Crippen molar-refractivity contribution in [3.63, 3.8) is 0 Å². The van der Waals surface area contributed by atoms with E-state index < -0.39 is 0 Å². The van der Waals surface area contributed by atoms with Crippen molar-refractivity contribution >= 4 is 17.4 Å². The zero-order valence-corrected chi connectivity index (χ0v) is 14.7. The van der Waals surface area contributed by atoms with Crippen molar-refractivity contribution in [3.8, 4) is 11.5 Å². The van der Waals surface area contributed by atoms with Crippen molar-refractivity contribution < 1.29 is 14.3 Å². The van der Waals surface area contributed by atoms with Gasteiger partial charge in [0, 0.05) is 24.0 Å². The van der Waals surface area contributed by atoms with Gasteiger partial charge in [0.05, 0.1) is 5.56 Å². The molecule has 4 rings (SSSR count). The molecular formula is C20H23N3O3. The van der Waals surface area contributed by atoms with Crippen molar-refractivity contribution in [3.05, 3.63) is 42.1 Å². The molecule has 0 atom stereocenters. The van der Waals surface area contributed by atoms with Gasteiger partial charge in [-0.25, -0.2) is 4.98 Å². The Bertz CT molecular complexity index is 770. The first-order chi connectivity index (χ1) is 12.8. The van der Waals surface area contributed by atoms with Crippen molar-refractivity contribution in [1.29, 1.82) is 0 Å². The first-order valence-electron chi connectivity index (χ1n) is 9.21. The van der Waals surface area contributed by atoms with Crippen LogP contribution in [0.4, 0.5) is 11.5 Å².